The fourth-order valence-electron chi connectivity index (χ4n) is 2.42. The molecule has 0 atom stereocenters. The molecule has 0 bridgehead atoms. The zero-order chi connectivity index (χ0) is 18.5. The highest BCUT2D eigenvalue weighted by Gasteiger charge is 2.14. The molecule has 0 saturated heterocycles. The Balaban J connectivity index is 1.84. The second-order valence-electron chi connectivity index (χ2n) is 5.40. The standard InChI is InChI=1S/C19H16ClFN4O/c1-2-25(14-6-4-3-5-7-14)19-22-11-10-17(24-19)18(26)23-13-8-9-16(21)15(20)12-13/h3-12H,2H2,1H3,(H,23,26). The summed E-state index contributed by atoms with van der Waals surface area (Å²) < 4.78 is 13.2. The quantitative estimate of drug-likeness (QED) is 0.708. The van der Waals surface area contributed by atoms with E-state index in [1.54, 1.807) is 0 Å². The highest BCUT2D eigenvalue weighted by atomic mass is 35.5. The Morgan fingerprint density at radius 1 is 1.19 bits per heavy atom. The molecule has 0 saturated carbocycles. The van der Waals surface area contributed by atoms with Crippen LogP contribution in [0.1, 0.15) is 17.4 Å². The number of rotatable bonds is 5. The van der Waals surface area contributed by atoms with Crippen LogP contribution in [0.15, 0.2) is 60.8 Å². The molecule has 7 heteroatoms. The number of para-hydroxylation sites is 1. The molecular formula is C19H16ClFN4O. The van der Waals surface area contributed by atoms with Crippen LogP contribution in [0, 0.1) is 5.82 Å². The third kappa shape index (κ3) is 3.97. The maximum Gasteiger partial charge on any atom is 0.274 e. The van der Waals surface area contributed by atoms with Gasteiger partial charge >= 0.3 is 0 Å². The van der Waals surface area contributed by atoms with Crippen LogP contribution in [0.4, 0.5) is 21.7 Å². The summed E-state index contributed by atoms with van der Waals surface area (Å²) in [4.78, 5) is 23.0. The monoisotopic (exact) mass is 370 g/mol. The van der Waals surface area contributed by atoms with Crippen molar-refractivity contribution < 1.29 is 9.18 Å². The van der Waals surface area contributed by atoms with Gasteiger partial charge in [-0.3, -0.25) is 4.79 Å². The van der Waals surface area contributed by atoms with E-state index in [1.807, 2.05) is 42.2 Å². The van der Waals surface area contributed by atoms with Crippen molar-refractivity contribution in [3.05, 3.63) is 77.3 Å². The van der Waals surface area contributed by atoms with E-state index in [1.165, 1.54) is 30.5 Å². The van der Waals surface area contributed by atoms with Gasteiger partial charge in [0, 0.05) is 24.1 Å². The van der Waals surface area contributed by atoms with Gasteiger partial charge in [-0.15, -0.1) is 0 Å². The molecule has 3 rings (SSSR count). The summed E-state index contributed by atoms with van der Waals surface area (Å²) in [5, 5.41) is 2.59. The molecule has 0 spiro atoms. The molecule has 0 fully saturated rings. The average Bonchev–Trinajstić information content (AvgIpc) is 2.66. The summed E-state index contributed by atoms with van der Waals surface area (Å²) in [5.74, 6) is -0.556. The van der Waals surface area contributed by atoms with Crippen molar-refractivity contribution in [2.24, 2.45) is 0 Å². The zero-order valence-corrected chi connectivity index (χ0v) is 14.7. The van der Waals surface area contributed by atoms with Crippen LogP contribution >= 0.6 is 11.6 Å². The van der Waals surface area contributed by atoms with Crippen LogP contribution in [0.3, 0.4) is 0 Å². The van der Waals surface area contributed by atoms with E-state index < -0.39 is 11.7 Å². The Morgan fingerprint density at radius 2 is 1.96 bits per heavy atom. The number of hydrogen-bond donors (Lipinski definition) is 1. The number of nitrogens with zero attached hydrogens (tertiary/aromatic N) is 3. The molecule has 0 unspecified atom stereocenters. The number of amides is 1. The van der Waals surface area contributed by atoms with Crippen molar-refractivity contribution in [1.82, 2.24) is 9.97 Å². The molecular weight excluding hydrogens is 355 g/mol. The van der Waals surface area contributed by atoms with Crippen LogP contribution in [0.25, 0.3) is 0 Å². The van der Waals surface area contributed by atoms with Gasteiger partial charge in [0.15, 0.2) is 0 Å². The minimum Gasteiger partial charge on any atom is -0.321 e. The van der Waals surface area contributed by atoms with E-state index in [9.17, 15) is 9.18 Å². The van der Waals surface area contributed by atoms with Crippen molar-refractivity contribution in [1.29, 1.82) is 0 Å². The van der Waals surface area contributed by atoms with Gasteiger partial charge in [0.25, 0.3) is 5.91 Å². The van der Waals surface area contributed by atoms with E-state index in [4.69, 9.17) is 11.6 Å². The minimum absolute atomic E-state index is 0.0626. The Hall–Kier alpha value is -2.99. The molecule has 1 aromatic heterocycles. The third-order valence-electron chi connectivity index (χ3n) is 3.68. The second kappa shape index (κ2) is 7.93. The lowest BCUT2D eigenvalue weighted by atomic mass is 10.3. The molecule has 1 heterocycles. The lowest BCUT2D eigenvalue weighted by Crippen LogP contribution is -2.21. The fourth-order valence-corrected chi connectivity index (χ4v) is 2.60. The van der Waals surface area contributed by atoms with Crippen LogP contribution in [-0.4, -0.2) is 22.4 Å². The molecule has 132 valence electrons. The first-order valence-electron chi connectivity index (χ1n) is 8.00. The Labute approximate surface area is 155 Å². The molecule has 2 aromatic carbocycles. The summed E-state index contributed by atoms with van der Waals surface area (Å²) in [5.41, 5.74) is 1.51. The number of carbonyl (C=O) groups excluding carboxylic acids is 1. The Morgan fingerprint density at radius 3 is 2.65 bits per heavy atom. The number of carbonyl (C=O) groups is 1. The summed E-state index contributed by atoms with van der Waals surface area (Å²) in [6.07, 6.45) is 1.53. The van der Waals surface area contributed by atoms with Crippen molar-refractivity contribution in [2.75, 3.05) is 16.8 Å². The van der Waals surface area contributed by atoms with Gasteiger partial charge < -0.3 is 10.2 Å². The summed E-state index contributed by atoms with van der Waals surface area (Å²) in [6, 6.07) is 15.2. The first kappa shape index (κ1) is 17.8. The van der Waals surface area contributed by atoms with Crippen LogP contribution in [0.5, 0.6) is 0 Å². The predicted octanol–water partition coefficient (Wildman–Crippen LogP) is 4.68. The van der Waals surface area contributed by atoms with Crippen molar-refractivity contribution >= 4 is 34.8 Å². The maximum atomic E-state index is 13.2. The largest absolute Gasteiger partial charge is 0.321 e. The molecule has 3 aromatic rings. The smallest absolute Gasteiger partial charge is 0.274 e. The highest BCUT2D eigenvalue weighted by Crippen LogP contribution is 2.22. The van der Waals surface area contributed by atoms with E-state index in [0.29, 0.717) is 18.2 Å². The van der Waals surface area contributed by atoms with Gasteiger partial charge in [-0.05, 0) is 43.3 Å². The third-order valence-corrected chi connectivity index (χ3v) is 3.97. The zero-order valence-electron chi connectivity index (χ0n) is 14.0. The fraction of sp³-hybridized carbons (Fsp3) is 0.105. The van der Waals surface area contributed by atoms with Gasteiger partial charge in [-0.2, -0.15) is 0 Å². The summed E-state index contributed by atoms with van der Waals surface area (Å²) >= 11 is 5.74. The average molecular weight is 371 g/mol. The summed E-state index contributed by atoms with van der Waals surface area (Å²) in [6.45, 7) is 2.62. The Kier molecular flexibility index (Phi) is 5.43. The van der Waals surface area contributed by atoms with Gasteiger partial charge in [0.1, 0.15) is 11.5 Å². The highest BCUT2D eigenvalue weighted by molar-refractivity contribution is 6.31. The molecule has 26 heavy (non-hydrogen) atoms. The van der Waals surface area contributed by atoms with E-state index >= 15 is 0 Å². The van der Waals surface area contributed by atoms with E-state index in [0.717, 1.165) is 5.69 Å². The van der Waals surface area contributed by atoms with Gasteiger partial charge in [-0.25, -0.2) is 14.4 Å². The molecule has 1 N–H and O–H groups in total. The van der Waals surface area contributed by atoms with Crippen LogP contribution in [0.2, 0.25) is 5.02 Å². The molecule has 5 nitrogen and oxygen atoms in total. The Bertz CT molecular complexity index is 920. The normalized spacial score (nSPS) is 10.4. The second-order valence-corrected chi connectivity index (χ2v) is 5.81. The topological polar surface area (TPSA) is 58.1 Å². The molecule has 0 aliphatic heterocycles. The molecule has 0 aliphatic carbocycles. The first-order valence-corrected chi connectivity index (χ1v) is 8.38. The number of aromatic nitrogens is 2. The lowest BCUT2D eigenvalue weighted by Gasteiger charge is -2.21. The molecule has 1 amide bonds. The molecule has 0 aliphatic rings. The number of benzene rings is 2. The number of hydrogen-bond acceptors (Lipinski definition) is 4. The number of nitrogens with one attached hydrogen (secondary N) is 1. The van der Waals surface area contributed by atoms with E-state index in [-0.39, 0.29) is 10.7 Å². The predicted molar refractivity (Wildman–Crippen MR) is 101 cm³/mol. The van der Waals surface area contributed by atoms with Crippen molar-refractivity contribution in [3.8, 4) is 0 Å². The van der Waals surface area contributed by atoms with E-state index in [2.05, 4.69) is 15.3 Å². The number of anilines is 3. The van der Waals surface area contributed by atoms with Crippen LogP contribution < -0.4 is 10.2 Å². The summed E-state index contributed by atoms with van der Waals surface area (Å²) in [7, 11) is 0. The number of halogens is 2. The first-order chi connectivity index (χ1) is 12.6. The van der Waals surface area contributed by atoms with Gasteiger partial charge in [0.2, 0.25) is 5.95 Å². The van der Waals surface area contributed by atoms with Crippen LogP contribution in [-0.2, 0) is 0 Å². The maximum absolute atomic E-state index is 13.2. The minimum atomic E-state index is -0.546. The van der Waals surface area contributed by atoms with Crippen molar-refractivity contribution in [3.63, 3.8) is 0 Å². The van der Waals surface area contributed by atoms with Crippen molar-refractivity contribution in [2.45, 2.75) is 6.92 Å². The molecule has 0 radical (unpaired) electrons. The van der Waals surface area contributed by atoms with Gasteiger partial charge in [0.05, 0.1) is 5.02 Å². The lowest BCUT2D eigenvalue weighted by molar-refractivity contribution is 0.102. The SMILES string of the molecule is CCN(c1ccccc1)c1nccc(C(=O)Nc2ccc(F)c(Cl)c2)n1. The van der Waals surface area contributed by atoms with Gasteiger partial charge in [-0.1, -0.05) is 29.8 Å².